The highest BCUT2D eigenvalue weighted by Gasteiger charge is 2.35. The van der Waals surface area contributed by atoms with Gasteiger partial charge in [-0.1, -0.05) is 13.3 Å². The number of hydrogen-bond donors (Lipinski definition) is 1. The Morgan fingerprint density at radius 3 is 2.68 bits per heavy atom. The lowest BCUT2D eigenvalue weighted by Gasteiger charge is -2.28. The summed E-state index contributed by atoms with van der Waals surface area (Å²) in [6.07, 6.45) is 2.13. The topological polar surface area (TPSA) is 87.3 Å². The first-order valence-corrected chi connectivity index (χ1v) is 9.37. The molecule has 0 aromatic carbocycles. The number of aryl methyl sites for hydroxylation is 1. The maximum absolute atomic E-state index is 12.7. The predicted octanol–water partition coefficient (Wildman–Crippen LogP) is 1.11. The van der Waals surface area contributed by atoms with Crippen LogP contribution in [0.3, 0.4) is 0 Å². The molecule has 0 saturated carbocycles. The second-order valence-electron chi connectivity index (χ2n) is 5.79. The van der Waals surface area contributed by atoms with Crippen LogP contribution in [-0.2, 0) is 9.84 Å². The molecule has 1 fully saturated rings. The summed E-state index contributed by atoms with van der Waals surface area (Å²) >= 11 is 0. The minimum atomic E-state index is -3.08. The Morgan fingerprint density at radius 1 is 1.41 bits per heavy atom. The Labute approximate surface area is 130 Å². The Balaban J connectivity index is 2.28. The van der Waals surface area contributed by atoms with Gasteiger partial charge in [-0.3, -0.25) is 9.59 Å². The van der Waals surface area contributed by atoms with E-state index < -0.39 is 15.4 Å². The molecule has 2 rings (SSSR count). The van der Waals surface area contributed by atoms with Gasteiger partial charge in [-0.05, 0) is 31.9 Å². The number of aromatic nitrogens is 1. The molecule has 7 heteroatoms. The number of unbranched alkanes of at least 4 members (excludes halogenated alkanes) is 1. The highest BCUT2D eigenvalue weighted by atomic mass is 32.2. The van der Waals surface area contributed by atoms with Crippen LogP contribution >= 0.6 is 0 Å². The molecule has 0 bridgehead atoms. The molecule has 122 valence electrons. The average molecular weight is 326 g/mol. The van der Waals surface area contributed by atoms with E-state index in [4.69, 9.17) is 0 Å². The summed E-state index contributed by atoms with van der Waals surface area (Å²) in [7, 11) is -3.08. The molecule has 6 nitrogen and oxygen atoms in total. The van der Waals surface area contributed by atoms with Crippen LogP contribution in [0.2, 0.25) is 0 Å². The summed E-state index contributed by atoms with van der Waals surface area (Å²) < 4.78 is 23.4. The van der Waals surface area contributed by atoms with E-state index in [1.165, 1.54) is 6.07 Å². The van der Waals surface area contributed by atoms with Crippen molar-refractivity contribution < 1.29 is 13.2 Å². The molecule has 1 aliphatic rings. The molecule has 0 radical (unpaired) electrons. The van der Waals surface area contributed by atoms with Crippen molar-refractivity contribution >= 4 is 15.7 Å². The fourth-order valence-corrected chi connectivity index (χ4v) is 4.43. The summed E-state index contributed by atoms with van der Waals surface area (Å²) in [5.74, 6) is -0.277. The number of rotatable bonds is 5. The fourth-order valence-electron chi connectivity index (χ4n) is 2.69. The molecule has 0 aliphatic carbocycles. The van der Waals surface area contributed by atoms with Crippen LogP contribution in [0.4, 0.5) is 0 Å². The van der Waals surface area contributed by atoms with Crippen molar-refractivity contribution in [1.82, 2.24) is 9.88 Å². The van der Waals surface area contributed by atoms with Crippen LogP contribution in [0.5, 0.6) is 0 Å². The smallest absolute Gasteiger partial charge is 0.260 e. The number of pyridine rings is 1. The number of H-pyrrole nitrogens is 1. The molecule has 22 heavy (non-hydrogen) atoms. The van der Waals surface area contributed by atoms with Crippen molar-refractivity contribution in [3.63, 3.8) is 0 Å². The van der Waals surface area contributed by atoms with Crippen molar-refractivity contribution in [3.05, 3.63) is 33.7 Å². The lowest BCUT2D eigenvalue weighted by molar-refractivity contribution is 0.0692. The van der Waals surface area contributed by atoms with Gasteiger partial charge in [0.2, 0.25) is 0 Å². The summed E-state index contributed by atoms with van der Waals surface area (Å²) in [5, 5.41) is 0. The second kappa shape index (κ2) is 6.64. The van der Waals surface area contributed by atoms with Crippen molar-refractivity contribution in [2.24, 2.45) is 0 Å². The first-order valence-electron chi connectivity index (χ1n) is 7.55. The Hall–Kier alpha value is -1.63. The van der Waals surface area contributed by atoms with Crippen LogP contribution in [0.25, 0.3) is 0 Å². The lowest BCUT2D eigenvalue weighted by atomic mass is 10.1. The second-order valence-corrected chi connectivity index (χ2v) is 8.02. The van der Waals surface area contributed by atoms with Crippen molar-refractivity contribution in [1.29, 1.82) is 0 Å². The van der Waals surface area contributed by atoms with Crippen molar-refractivity contribution in [2.45, 2.75) is 39.2 Å². The van der Waals surface area contributed by atoms with E-state index in [-0.39, 0.29) is 29.0 Å². The zero-order valence-electron chi connectivity index (χ0n) is 13.0. The largest absolute Gasteiger partial charge is 0.334 e. The first-order chi connectivity index (χ1) is 10.3. The number of carbonyl (C=O) groups excluding carboxylic acids is 1. The van der Waals surface area contributed by atoms with E-state index in [0.717, 1.165) is 12.8 Å². The van der Waals surface area contributed by atoms with E-state index in [1.807, 2.05) is 6.92 Å². The van der Waals surface area contributed by atoms with Crippen LogP contribution in [-0.4, -0.2) is 48.3 Å². The number of hydrogen-bond acceptors (Lipinski definition) is 4. The van der Waals surface area contributed by atoms with Gasteiger partial charge in [-0.25, -0.2) is 8.42 Å². The van der Waals surface area contributed by atoms with Crippen LogP contribution in [0.15, 0.2) is 16.9 Å². The van der Waals surface area contributed by atoms with Gasteiger partial charge < -0.3 is 9.88 Å². The standard InChI is InChI=1S/C15H22N2O4S/c1-3-4-8-17(12-7-9-22(20,21)10-12)15(19)13-6-5-11(2)16-14(13)18/h5-6,12H,3-4,7-10H2,1-2H3,(H,16,18). The molecule has 1 saturated heterocycles. The summed E-state index contributed by atoms with van der Waals surface area (Å²) in [5.41, 5.74) is 0.337. The van der Waals surface area contributed by atoms with E-state index in [9.17, 15) is 18.0 Å². The highest BCUT2D eigenvalue weighted by molar-refractivity contribution is 7.91. The van der Waals surface area contributed by atoms with Crippen LogP contribution < -0.4 is 5.56 Å². The third-order valence-corrected chi connectivity index (χ3v) is 5.70. The number of nitrogens with zero attached hydrogens (tertiary/aromatic N) is 1. The summed E-state index contributed by atoms with van der Waals surface area (Å²) in [6, 6.07) is 2.86. The average Bonchev–Trinajstić information content (AvgIpc) is 2.79. The third kappa shape index (κ3) is 3.76. The summed E-state index contributed by atoms with van der Waals surface area (Å²) in [6.45, 7) is 4.23. The Bertz CT molecular complexity index is 708. The Kier molecular flexibility index (Phi) is 5.05. The number of sulfone groups is 1. The zero-order valence-corrected chi connectivity index (χ0v) is 13.8. The molecule has 1 N–H and O–H groups in total. The van der Waals surface area contributed by atoms with Crippen LogP contribution in [0, 0.1) is 6.92 Å². The van der Waals surface area contributed by atoms with Gasteiger partial charge in [0.1, 0.15) is 5.56 Å². The van der Waals surface area contributed by atoms with E-state index >= 15 is 0 Å². The molecular weight excluding hydrogens is 304 g/mol. The SMILES string of the molecule is CCCCN(C(=O)c1ccc(C)[nH]c1=O)C1CCS(=O)(=O)C1. The number of carbonyl (C=O) groups is 1. The van der Waals surface area contributed by atoms with E-state index in [0.29, 0.717) is 18.7 Å². The first kappa shape index (κ1) is 16.7. The number of nitrogens with one attached hydrogen (secondary N) is 1. The van der Waals surface area contributed by atoms with E-state index in [1.54, 1.807) is 17.9 Å². The quantitative estimate of drug-likeness (QED) is 0.878. The number of amides is 1. The number of aromatic amines is 1. The fraction of sp³-hybridized carbons (Fsp3) is 0.600. The molecule has 0 spiro atoms. The summed E-state index contributed by atoms with van der Waals surface area (Å²) in [4.78, 5) is 28.9. The van der Waals surface area contributed by atoms with E-state index in [2.05, 4.69) is 4.98 Å². The van der Waals surface area contributed by atoms with Gasteiger partial charge in [-0.2, -0.15) is 0 Å². The molecule has 1 aromatic heterocycles. The van der Waals surface area contributed by atoms with Gasteiger partial charge in [0.15, 0.2) is 9.84 Å². The maximum atomic E-state index is 12.7. The molecule has 1 amide bonds. The third-order valence-electron chi connectivity index (χ3n) is 3.95. The van der Waals surface area contributed by atoms with Gasteiger partial charge in [0.05, 0.1) is 11.5 Å². The minimum Gasteiger partial charge on any atom is -0.334 e. The molecule has 1 atom stereocenters. The Morgan fingerprint density at radius 2 is 2.14 bits per heavy atom. The maximum Gasteiger partial charge on any atom is 0.260 e. The predicted molar refractivity (Wildman–Crippen MR) is 84.8 cm³/mol. The van der Waals surface area contributed by atoms with Gasteiger partial charge in [0.25, 0.3) is 11.5 Å². The molecule has 1 unspecified atom stereocenters. The van der Waals surface area contributed by atoms with Gasteiger partial charge >= 0.3 is 0 Å². The normalized spacial score (nSPS) is 20.0. The molecule has 1 aromatic rings. The molecular formula is C15H22N2O4S. The van der Waals surface area contributed by atoms with Gasteiger partial charge in [0, 0.05) is 18.3 Å². The zero-order chi connectivity index (χ0) is 16.3. The van der Waals surface area contributed by atoms with Crippen LogP contribution in [0.1, 0.15) is 42.2 Å². The molecule has 1 aliphatic heterocycles. The minimum absolute atomic E-state index is 0.00772. The molecule has 2 heterocycles. The lowest BCUT2D eigenvalue weighted by Crippen LogP contribution is -2.43. The van der Waals surface area contributed by atoms with Crippen molar-refractivity contribution in [2.75, 3.05) is 18.1 Å². The highest BCUT2D eigenvalue weighted by Crippen LogP contribution is 2.20. The van der Waals surface area contributed by atoms with Crippen molar-refractivity contribution in [3.8, 4) is 0 Å². The monoisotopic (exact) mass is 326 g/mol. The van der Waals surface area contributed by atoms with Gasteiger partial charge in [-0.15, -0.1) is 0 Å².